The van der Waals surface area contributed by atoms with Gasteiger partial charge in [0.2, 0.25) is 0 Å². The molecule has 3 fully saturated rings. The zero-order chi connectivity index (χ0) is 32.1. The third-order valence-electron chi connectivity index (χ3n) is 10.7. The van der Waals surface area contributed by atoms with E-state index in [0.29, 0.717) is 19.6 Å². The summed E-state index contributed by atoms with van der Waals surface area (Å²) < 4.78 is 9.97. The van der Waals surface area contributed by atoms with Gasteiger partial charge in [-0.25, -0.2) is 0 Å². The van der Waals surface area contributed by atoms with E-state index in [1.807, 2.05) is 32.1 Å². The van der Waals surface area contributed by atoms with Crippen molar-refractivity contribution in [1.82, 2.24) is 4.90 Å². The van der Waals surface area contributed by atoms with Crippen molar-refractivity contribution in [3.63, 3.8) is 0 Å². The maximum atomic E-state index is 13.3. The van der Waals surface area contributed by atoms with Gasteiger partial charge in [-0.05, 0) is 94.0 Å². The van der Waals surface area contributed by atoms with Crippen molar-refractivity contribution >= 4 is 17.5 Å². The van der Waals surface area contributed by atoms with Crippen molar-refractivity contribution in [3.8, 4) is 0 Å². The van der Waals surface area contributed by atoms with Gasteiger partial charge in [0.25, 0.3) is 0 Å². The number of ether oxygens (including phenoxy) is 1. The minimum atomic E-state index is -0.559. The molecule has 0 saturated heterocycles. The maximum Gasteiger partial charge on any atom is 0.302 e. The van der Waals surface area contributed by atoms with Crippen molar-refractivity contribution < 1.29 is 33.8 Å². The molecular formula is C35H53NO7. The van der Waals surface area contributed by atoms with Gasteiger partial charge in [0.15, 0.2) is 11.6 Å². The van der Waals surface area contributed by atoms with Crippen LogP contribution in [0.1, 0.15) is 79.9 Å². The van der Waals surface area contributed by atoms with Gasteiger partial charge >= 0.3 is 5.97 Å². The van der Waals surface area contributed by atoms with Gasteiger partial charge in [-0.15, -0.1) is 0 Å². The van der Waals surface area contributed by atoms with Gasteiger partial charge < -0.3 is 19.4 Å². The molecule has 0 bridgehead atoms. The van der Waals surface area contributed by atoms with Gasteiger partial charge in [0.1, 0.15) is 12.4 Å². The molecule has 9 atom stereocenters. The summed E-state index contributed by atoms with van der Waals surface area (Å²) in [4.78, 5) is 37.4. The number of carbonyl (C=O) groups is 3. The lowest BCUT2D eigenvalue weighted by Gasteiger charge is -2.58. The zero-order valence-corrected chi connectivity index (χ0v) is 27.3. The molecule has 0 aromatic carbocycles. The molecular weight excluding hydrogens is 546 g/mol. The van der Waals surface area contributed by atoms with E-state index in [-0.39, 0.29) is 64.0 Å². The number of furan rings is 1. The highest BCUT2D eigenvalue weighted by molar-refractivity contribution is 6.01. The fourth-order valence-electron chi connectivity index (χ4n) is 8.93. The van der Waals surface area contributed by atoms with Crippen LogP contribution in [0.25, 0.3) is 0 Å². The van der Waals surface area contributed by atoms with Crippen LogP contribution in [0.4, 0.5) is 0 Å². The van der Waals surface area contributed by atoms with Crippen molar-refractivity contribution in [2.24, 2.45) is 40.4 Å². The van der Waals surface area contributed by atoms with Crippen LogP contribution in [0.15, 0.2) is 46.6 Å². The number of aliphatic hydroxyl groups excluding tert-OH is 2. The van der Waals surface area contributed by atoms with Gasteiger partial charge in [-0.1, -0.05) is 39.3 Å². The Kier molecular flexibility index (Phi) is 11.8. The number of rotatable bonds is 7. The number of carbonyl (C=O) groups excluding carboxylic acids is 3. The molecule has 3 unspecified atom stereocenters. The second-order valence-corrected chi connectivity index (χ2v) is 13.0. The van der Waals surface area contributed by atoms with Gasteiger partial charge in [0.05, 0.1) is 25.5 Å². The smallest absolute Gasteiger partial charge is 0.302 e. The SMILES string of the molecule is CC.CC([C@@H]1CC2[C@@H]3CCC4=CC(=O)C=C[C@]4(C)C3[C@@H](O)C[C@]2(C)[C@H]1C(=O)CO)N(C)Cc1ccco1.CCOC(C)=O. The Morgan fingerprint density at radius 1 is 1.26 bits per heavy atom. The standard InChI is InChI=1S/C29H39NO5.C4H8O2.C2H6/c1-17(30(4)15-20-6-5-11-35-20)22-13-23-21-8-7-18-12-19(32)9-10-28(18,2)26(21)24(33)14-29(23,3)27(22)25(34)16-31;1-3-6-4(2)5;1-2/h5-6,9-12,17,21-24,26-27,31,33H,7-8,13-16H2,1-4H3;3H2,1-2H3;1-2H3/t17?,21-,22-,23?,24-,26?,27+,28-,29-;;/m0../s1. The maximum absolute atomic E-state index is 13.3. The van der Waals surface area contributed by atoms with Crippen LogP contribution in [-0.4, -0.2) is 65.1 Å². The lowest BCUT2D eigenvalue weighted by molar-refractivity contribution is -0.143. The van der Waals surface area contributed by atoms with E-state index in [2.05, 4.69) is 37.5 Å². The molecule has 1 aromatic rings. The topological polar surface area (TPSA) is 117 Å². The van der Waals surface area contributed by atoms with E-state index >= 15 is 0 Å². The van der Waals surface area contributed by atoms with Crippen molar-refractivity contribution in [3.05, 3.63) is 48.0 Å². The Bertz CT molecular complexity index is 1170. The summed E-state index contributed by atoms with van der Waals surface area (Å²) in [7, 11) is 2.07. The third kappa shape index (κ3) is 6.91. The molecule has 4 aliphatic carbocycles. The average Bonchev–Trinajstić information content (AvgIpc) is 3.59. The minimum absolute atomic E-state index is 0.0321. The summed E-state index contributed by atoms with van der Waals surface area (Å²) in [6, 6.07) is 3.96. The summed E-state index contributed by atoms with van der Waals surface area (Å²) in [6.45, 7) is 14.4. The molecule has 2 N–H and O–H groups in total. The van der Waals surface area contributed by atoms with Crippen molar-refractivity contribution in [2.75, 3.05) is 20.3 Å². The van der Waals surface area contributed by atoms with E-state index in [0.717, 1.165) is 30.6 Å². The number of hydrogen-bond acceptors (Lipinski definition) is 8. The lowest BCUT2D eigenvalue weighted by atomic mass is 9.46. The molecule has 8 nitrogen and oxygen atoms in total. The molecule has 0 amide bonds. The average molecular weight is 600 g/mol. The van der Waals surface area contributed by atoms with Crippen LogP contribution in [-0.2, 0) is 25.7 Å². The zero-order valence-electron chi connectivity index (χ0n) is 27.3. The largest absolute Gasteiger partial charge is 0.468 e. The Balaban J connectivity index is 0.000000566. The van der Waals surface area contributed by atoms with Crippen molar-refractivity contribution in [1.29, 1.82) is 0 Å². The third-order valence-corrected chi connectivity index (χ3v) is 10.7. The van der Waals surface area contributed by atoms with Gasteiger partial charge in [-0.2, -0.15) is 0 Å². The Morgan fingerprint density at radius 2 is 1.95 bits per heavy atom. The molecule has 1 aromatic heterocycles. The molecule has 3 saturated carbocycles. The highest BCUT2D eigenvalue weighted by atomic mass is 16.5. The number of ketones is 2. The van der Waals surface area contributed by atoms with Gasteiger partial charge in [-0.3, -0.25) is 19.3 Å². The molecule has 43 heavy (non-hydrogen) atoms. The highest BCUT2D eigenvalue weighted by Gasteiger charge is 2.65. The Morgan fingerprint density at radius 3 is 2.51 bits per heavy atom. The van der Waals surface area contributed by atoms with Gasteiger partial charge in [0, 0.05) is 30.2 Å². The van der Waals surface area contributed by atoms with Crippen LogP contribution in [0.3, 0.4) is 0 Å². The van der Waals surface area contributed by atoms with Crippen molar-refractivity contribution in [2.45, 2.75) is 92.8 Å². The molecule has 5 rings (SSSR count). The molecule has 0 spiro atoms. The van der Waals surface area contributed by atoms with E-state index in [4.69, 9.17) is 4.42 Å². The first-order chi connectivity index (χ1) is 20.4. The summed E-state index contributed by atoms with van der Waals surface area (Å²) in [5.41, 5.74) is 0.447. The summed E-state index contributed by atoms with van der Waals surface area (Å²) in [5, 5.41) is 21.6. The number of esters is 1. The first-order valence-electron chi connectivity index (χ1n) is 16.0. The van der Waals surface area contributed by atoms with Crippen LogP contribution in [0.5, 0.6) is 0 Å². The highest BCUT2D eigenvalue weighted by Crippen LogP contribution is 2.67. The monoisotopic (exact) mass is 599 g/mol. The normalized spacial score (nSPS) is 34.8. The Labute approximate surface area is 257 Å². The van der Waals surface area contributed by atoms with E-state index < -0.39 is 12.7 Å². The number of nitrogens with zero attached hydrogens (tertiary/aromatic N) is 1. The molecule has 240 valence electrons. The number of allylic oxidation sites excluding steroid dienone is 4. The lowest BCUT2D eigenvalue weighted by Crippen LogP contribution is -2.56. The second kappa shape index (κ2) is 14.5. The summed E-state index contributed by atoms with van der Waals surface area (Å²) >= 11 is 0. The van der Waals surface area contributed by atoms with Crippen LogP contribution in [0.2, 0.25) is 0 Å². The second-order valence-electron chi connectivity index (χ2n) is 13.0. The number of fused-ring (bicyclic) bond motifs is 5. The van der Waals surface area contributed by atoms with Crippen LogP contribution < -0.4 is 0 Å². The number of aliphatic hydroxyl groups is 2. The van der Waals surface area contributed by atoms with Crippen LogP contribution in [0, 0.1) is 40.4 Å². The molecule has 4 aliphatic rings. The van der Waals surface area contributed by atoms with E-state index in [9.17, 15) is 24.6 Å². The minimum Gasteiger partial charge on any atom is -0.468 e. The molecule has 8 heteroatoms. The van der Waals surface area contributed by atoms with Crippen LogP contribution >= 0.6 is 0 Å². The number of Topliss-reactive ketones (excluding diaryl/α,β-unsaturated/α-hetero) is 1. The summed E-state index contributed by atoms with van der Waals surface area (Å²) in [5.74, 6) is 0.986. The summed E-state index contributed by atoms with van der Waals surface area (Å²) in [6.07, 6.45) is 9.81. The predicted molar refractivity (Wildman–Crippen MR) is 166 cm³/mol. The predicted octanol–water partition coefficient (Wildman–Crippen LogP) is 5.38. The first-order valence-corrected chi connectivity index (χ1v) is 16.0. The molecule has 0 radical (unpaired) electrons. The molecule has 1 heterocycles. The first kappa shape index (κ1) is 34.9. The fourth-order valence-corrected chi connectivity index (χ4v) is 8.93. The number of hydrogen-bond donors (Lipinski definition) is 2. The molecule has 0 aliphatic heterocycles. The quantitative estimate of drug-likeness (QED) is 0.402. The fraction of sp³-hybridized carbons (Fsp3) is 0.686. The van der Waals surface area contributed by atoms with E-state index in [1.165, 1.54) is 6.92 Å². The van der Waals surface area contributed by atoms with E-state index in [1.54, 1.807) is 25.3 Å². The Hall–Kier alpha value is -2.55.